The second kappa shape index (κ2) is 13.5. The minimum Gasteiger partial charge on any atom is -0.393 e. The molecule has 0 aromatic carbocycles. The zero-order chi connectivity index (χ0) is 15.2. The summed E-state index contributed by atoms with van der Waals surface area (Å²) < 4.78 is 5.71. The van der Waals surface area contributed by atoms with Gasteiger partial charge in [0.2, 0.25) is 0 Å². The lowest BCUT2D eigenvalue weighted by Gasteiger charge is -2.29. The van der Waals surface area contributed by atoms with Gasteiger partial charge in [-0.3, -0.25) is 0 Å². The second-order valence-corrected chi connectivity index (χ2v) is 6.51. The van der Waals surface area contributed by atoms with Crippen LogP contribution >= 0.6 is 0 Å². The van der Waals surface area contributed by atoms with Crippen molar-refractivity contribution >= 4 is 0 Å². The van der Waals surface area contributed by atoms with Gasteiger partial charge in [-0.15, -0.1) is 0 Å². The van der Waals surface area contributed by atoms with Crippen molar-refractivity contribution < 1.29 is 9.84 Å². The maximum Gasteiger partial charge on any atom is 0.0564 e. The third-order valence-electron chi connectivity index (χ3n) is 4.46. The van der Waals surface area contributed by atoms with Gasteiger partial charge in [-0.1, -0.05) is 51.9 Å². The van der Waals surface area contributed by atoms with Gasteiger partial charge in [0.15, 0.2) is 0 Å². The summed E-state index contributed by atoms with van der Waals surface area (Å²) in [5.41, 5.74) is 0. The van der Waals surface area contributed by atoms with E-state index in [1.165, 1.54) is 51.4 Å². The molecule has 1 N–H and O–H groups in total. The van der Waals surface area contributed by atoms with E-state index in [9.17, 15) is 5.11 Å². The molecule has 0 amide bonds. The number of hydrogen-bond acceptors (Lipinski definition) is 3. The maximum atomic E-state index is 9.45. The molecule has 0 radical (unpaired) electrons. The molecule has 1 fully saturated rings. The summed E-state index contributed by atoms with van der Waals surface area (Å²) in [4.78, 5) is 2.45. The number of unbranched alkanes of at least 4 members (excludes halogenated alkanes) is 7. The molecule has 0 unspecified atom stereocenters. The van der Waals surface area contributed by atoms with Crippen LogP contribution in [0.4, 0.5) is 0 Å². The van der Waals surface area contributed by atoms with Crippen molar-refractivity contribution in [2.75, 3.05) is 32.8 Å². The predicted molar refractivity (Wildman–Crippen MR) is 89.7 cm³/mol. The first-order chi connectivity index (χ1) is 10.3. The number of aliphatic hydroxyl groups excluding tert-OH is 1. The summed E-state index contributed by atoms with van der Waals surface area (Å²) in [5, 5.41) is 9.45. The highest BCUT2D eigenvalue weighted by Crippen LogP contribution is 2.10. The first kappa shape index (κ1) is 18.9. The van der Waals surface area contributed by atoms with Crippen molar-refractivity contribution in [3.05, 3.63) is 0 Å². The number of aliphatic hydroxyl groups is 1. The van der Waals surface area contributed by atoms with E-state index in [2.05, 4.69) is 11.8 Å². The smallest absolute Gasteiger partial charge is 0.0564 e. The van der Waals surface area contributed by atoms with Crippen LogP contribution in [0.5, 0.6) is 0 Å². The van der Waals surface area contributed by atoms with Crippen LogP contribution in [-0.4, -0.2) is 49.0 Å². The lowest BCUT2D eigenvalue weighted by atomic mass is 10.1. The summed E-state index contributed by atoms with van der Waals surface area (Å²) in [5.74, 6) is 0. The normalized spacial score (nSPS) is 17.4. The van der Waals surface area contributed by atoms with Crippen molar-refractivity contribution in [2.45, 2.75) is 83.7 Å². The van der Waals surface area contributed by atoms with Gasteiger partial charge >= 0.3 is 0 Å². The molecule has 1 heterocycles. The Labute approximate surface area is 132 Å². The molecular weight excluding hydrogens is 262 g/mol. The Hall–Kier alpha value is -0.120. The van der Waals surface area contributed by atoms with Crippen LogP contribution < -0.4 is 0 Å². The second-order valence-electron chi connectivity index (χ2n) is 6.51. The molecule has 0 aromatic heterocycles. The third kappa shape index (κ3) is 11.1. The lowest BCUT2D eigenvalue weighted by Crippen LogP contribution is -2.36. The molecule has 0 aliphatic carbocycles. The van der Waals surface area contributed by atoms with Gasteiger partial charge in [-0.25, -0.2) is 0 Å². The van der Waals surface area contributed by atoms with Crippen molar-refractivity contribution in [3.63, 3.8) is 0 Å². The Bertz CT molecular complexity index is 215. The Balaban J connectivity index is 1.73. The van der Waals surface area contributed by atoms with E-state index in [0.717, 1.165) is 52.1 Å². The van der Waals surface area contributed by atoms with Crippen LogP contribution in [0, 0.1) is 0 Å². The molecule has 0 atom stereocenters. The van der Waals surface area contributed by atoms with Crippen molar-refractivity contribution in [1.82, 2.24) is 4.90 Å². The largest absolute Gasteiger partial charge is 0.393 e. The zero-order valence-corrected chi connectivity index (χ0v) is 14.2. The molecule has 1 rings (SSSR count). The van der Waals surface area contributed by atoms with Gasteiger partial charge in [-0.2, -0.15) is 0 Å². The summed E-state index contributed by atoms with van der Waals surface area (Å²) in [7, 11) is 0. The summed E-state index contributed by atoms with van der Waals surface area (Å²) >= 11 is 0. The molecule has 3 heteroatoms. The van der Waals surface area contributed by atoms with E-state index >= 15 is 0 Å². The van der Waals surface area contributed by atoms with Crippen LogP contribution in [0.1, 0.15) is 77.6 Å². The van der Waals surface area contributed by atoms with E-state index in [0.29, 0.717) is 0 Å². The number of nitrogens with zero attached hydrogens (tertiary/aromatic N) is 1. The van der Waals surface area contributed by atoms with Gasteiger partial charge in [0.05, 0.1) is 6.10 Å². The van der Waals surface area contributed by atoms with E-state index in [1.807, 2.05) is 0 Å². The third-order valence-corrected chi connectivity index (χ3v) is 4.46. The van der Waals surface area contributed by atoms with Gasteiger partial charge in [0.25, 0.3) is 0 Å². The van der Waals surface area contributed by atoms with Crippen LogP contribution in [0.15, 0.2) is 0 Å². The van der Waals surface area contributed by atoms with Crippen molar-refractivity contribution in [1.29, 1.82) is 0 Å². The fraction of sp³-hybridized carbons (Fsp3) is 1.00. The SMILES string of the molecule is CCCCCCCCCCOCCCN1CCC(O)CC1. The van der Waals surface area contributed by atoms with Crippen LogP contribution in [0.2, 0.25) is 0 Å². The first-order valence-corrected chi connectivity index (χ1v) is 9.31. The molecule has 1 aliphatic heterocycles. The highest BCUT2D eigenvalue weighted by molar-refractivity contribution is 4.70. The average Bonchev–Trinajstić information content (AvgIpc) is 2.50. The van der Waals surface area contributed by atoms with Gasteiger partial charge in [-0.05, 0) is 25.7 Å². The standard InChI is InChI=1S/C18H37NO2/c1-2-3-4-5-6-7-8-9-16-21-17-10-13-19-14-11-18(20)12-15-19/h18,20H,2-17H2,1H3. The molecule has 1 aliphatic rings. The summed E-state index contributed by atoms with van der Waals surface area (Å²) in [6.07, 6.45) is 13.9. The highest BCUT2D eigenvalue weighted by Gasteiger charge is 2.15. The monoisotopic (exact) mass is 299 g/mol. The molecule has 0 aromatic rings. The lowest BCUT2D eigenvalue weighted by molar-refractivity contribution is 0.0717. The Morgan fingerprint density at radius 1 is 0.857 bits per heavy atom. The minimum absolute atomic E-state index is 0.0560. The molecule has 21 heavy (non-hydrogen) atoms. The summed E-state index contributed by atoms with van der Waals surface area (Å²) in [6.45, 7) is 7.34. The average molecular weight is 299 g/mol. The fourth-order valence-corrected chi connectivity index (χ4v) is 2.97. The zero-order valence-electron chi connectivity index (χ0n) is 14.2. The number of likely N-dealkylation sites (tertiary alicyclic amines) is 1. The van der Waals surface area contributed by atoms with E-state index < -0.39 is 0 Å². The van der Waals surface area contributed by atoms with E-state index in [-0.39, 0.29) is 6.10 Å². The molecule has 3 nitrogen and oxygen atoms in total. The molecule has 0 bridgehead atoms. The number of hydrogen-bond donors (Lipinski definition) is 1. The molecule has 0 spiro atoms. The first-order valence-electron chi connectivity index (χ1n) is 9.31. The van der Waals surface area contributed by atoms with Crippen LogP contribution in [-0.2, 0) is 4.74 Å². The number of rotatable bonds is 13. The van der Waals surface area contributed by atoms with E-state index in [4.69, 9.17) is 4.74 Å². The summed E-state index contributed by atoms with van der Waals surface area (Å²) in [6, 6.07) is 0. The van der Waals surface area contributed by atoms with Gasteiger partial charge in [0.1, 0.15) is 0 Å². The van der Waals surface area contributed by atoms with Crippen LogP contribution in [0.25, 0.3) is 0 Å². The topological polar surface area (TPSA) is 32.7 Å². The maximum absolute atomic E-state index is 9.45. The van der Waals surface area contributed by atoms with Crippen molar-refractivity contribution in [3.8, 4) is 0 Å². The number of piperidine rings is 1. The molecule has 126 valence electrons. The number of ether oxygens (including phenoxy) is 1. The van der Waals surface area contributed by atoms with E-state index in [1.54, 1.807) is 0 Å². The van der Waals surface area contributed by atoms with Gasteiger partial charge < -0.3 is 14.7 Å². The van der Waals surface area contributed by atoms with Crippen molar-refractivity contribution in [2.24, 2.45) is 0 Å². The predicted octanol–water partition coefficient (Wildman–Crippen LogP) is 3.99. The Kier molecular flexibility index (Phi) is 12.2. The minimum atomic E-state index is -0.0560. The highest BCUT2D eigenvalue weighted by atomic mass is 16.5. The Morgan fingerprint density at radius 2 is 1.43 bits per heavy atom. The quantitative estimate of drug-likeness (QED) is 0.522. The molecular formula is C18H37NO2. The molecule has 1 saturated heterocycles. The Morgan fingerprint density at radius 3 is 2.10 bits per heavy atom. The van der Waals surface area contributed by atoms with Crippen LogP contribution in [0.3, 0.4) is 0 Å². The fourth-order valence-electron chi connectivity index (χ4n) is 2.97. The van der Waals surface area contributed by atoms with Gasteiger partial charge in [0, 0.05) is 32.8 Å². The molecule has 0 saturated carbocycles.